The highest BCUT2D eigenvalue weighted by atomic mass is 35.5. The number of rotatable bonds is 4. The number of nitrogens with one attached hydrogen (secondary N) is 1. The maximum Gasteiger partial charge on any atom is 0.0846 e. The minimum atomic E-state index is -0.0218. The lowest BCUT2D eigenvalue weighted by Crippen LogP contribution is -2.20. The maximum absolute atomic E-state index is 6.15. The molecule has 2 aromatic rings. The van der Waals surface area contributed by atoms with E-state index < -0.39 is 0 Å². The standard InChI is InChI=1S/C11H13Cl2N5/c1-14-10(4-8-6-18(2)17-16-8)11-9(13)3-7(12)5-15-11/h3,5-6,10,14H,4H2,1-2H3. The van der Waals surface area contributed by atoms with Crippen LogP contribution in [0.3, 0.4) is 0 Å². The molecule has 96 valence electrons. The van der Waals surface area contributed by atoms with Crippen molar-refractivity contribution in [2.24, 2.45) is 7.05 Å². The van der Waals surface area contributed by atoms with Gasteiger partial charge in [0.1, 0.15) is 0 Å². The molecule has 1 unspecified atom stereocenters. The minimum absolute atomic E-state index is 0.0218. The summed E-state index contributed by atoms with van der Waals surface area (Å²) in [6, 6.07) is 1.67. The summed E-state index contributed by atoms with van der Waals surface area (Å²) >= 11 is 12.0. The van der Waals surface area contributed by atoms with Crippen LogP contribution in [0.25, 0.3) is 0 Å². The number of aromatic nitrogens is 4. The van der Waals surface area contributed by atoms with E-state index in [2.05, 4.69) is 20.6 Å². The predicted molar refractivity (Wildman–Crippen MR) is 70.8 cm³/mol. The maximum atomic E-state index is 6.15. The van der Waals surface area contributed by atoms with Gasteiger partial charge in [0.2, 0.25) is 0 Å². The number of likely N-dealkylation sites (N-methyl/N-ethyl adjacent to an activating group) is 1. The molecule has 0 aliphatic carbocycles. The van der Waals surface area contributed by atoms with Crippen molar-refractivity contribution in [2.45, 2.75) is 12.5 Å². The van der Waals surface area contributed by atoms with Gasteiger partial charge >= 0.3 is 0 Å². The smallest absolute Gasteiger partial charge is 0.0846 e. The Bertz CT molecular complexity index is 540. The van der Waals surface area contributed by atoms with Crippen molar-refractivity contribution < 1.29 is 0 Å². The number of halogens is 2. The number of nitrogens with zero attached hydrogens (tertiary/aromatic N) is 4. The van der Waals surface area contributed by atoms with Crippen molar-refractivity contribution in [2.75, 3.05) is 7.05 Å². The molecule has 0 saturated carbocycles. The molecule has 2 heterocycles. The minimum Gasteiger partial charge on any atom is -0.311 e. The summed E-state index contributed by atoms with van der Waals surface area (Å²) in [5.74, 6) is 0. The molecule has 0 radical (unpaired) electrons. The molecule has 1 atom stereocenters. The van der Waals surface area contributed by atoms with Gasteiger partial charge in [-0.05, 0) is 13.1 Å². The zero-order valence-electron chi connectivity index (χ0n) is 10.1. The third-order valence-corrected chi connectivity index (χ3v) is 3.09. The number of hydrogen-bond donors (Lipinski definition) is 1. The second-order valence-electron chi connectivity index (χ2n) is 3.95. The van der Waals surface area contributed by atoms with Gasteiger partial charge in [-0.25, -0.2) is 0 Å². The first-order valence-electron chi connectivity index (χ1n) is 5.43. The molecule has 0 spiro atoms. The molecule has 2 rings (SSSR count). The average molecular weight is 286 g/mol. The second-order valence-corrected chi connectivity index (χ2v) is 4.79. The van der Waals surface area contributed by atoms with Gasteiger partial charge in [-0.15, -0.1) is 5.10 Å². The molecule has 0 bridgehead atoms. The Labute approximate surface area is 115 Å². The summed E-state index contributed by atoms with van der Waals surface area (Å²) in [6.45, 7) is 0. The van der Waals surface area contributed by atoms with Crippen LogP contribution in [-0.2, 0) is 13.5 Å². The van der Waals surface area contributed by atoms with E-state index in [1.54, 1.807) is 16.9 Å². The van der Waals surface area contributed by atoms with Crippen molar-refractivity contribution in [1.29, 1.82) is 0 Å². The van der Waals surface area contributed by atoms with E-state index in [1.807, 2.05) is 20.3 Å². The van der Waals surface area contributed by atoms with Gasteiger partial charge < -0.3 is 5.32 Å². The van der Waals surface area contributed by atoms with Crippen LogP contribution >= 0.6 is 23.2 Å². The summed E-state index contributed by atoms with van der Waals surface area (Å²) in [7, 11) is 3.69. The first-order valence-corrected chi connectivity index (χ1v) is 6.19. The summed E-state index contributed by atoms with van der Waals surface area (Å²) in [6.07, 6.45) is 4.12. The van der Waals surface area contributed by atoms with Crippen LogP contribution in [-0.4, -0.2) is 27.0 Å². The Morgan fingerprint density at radius 3 is 2.78 bits per heavy atom. The Hall–Kier alpha value is -1.17. The molecule has 0 aliphatic rings. The summed E-state index contributed by atoms with van der Waals surface area (Å²) < 4.78 is 1.67. The highest BCUT2D eigenvalue weighted by Gasteiger charge is 2.17. The topological polar surface area (TPSA) is 55.6 Å². The molecular weight excluding hydrogens is 273 g/mol. The molecule has 0 aromatic carbocycles. The van der Waals surface area contributed by atoms with Gasteiger partial charge in [-0.1, -0.05) is 28.4 Å². The number of hydrogen-bond acceptors (Lipinski definition) is 4. The van der Waals surface area contributed by atoms with Gasteiger partial charge in [-0.3, -0.25) is 9.67 Å². The van der Waals surface area contributed by atoms with Crippen LogP contribution in [0, 0.1) is 0 Å². The van der Waals surface area contributed by atoms with Crippen molar-refractivity contribution in [1.82, 2.24) is 25.3 Å². The van der Waals surface area contributed by atoms with E-state index in [1.165, 1.54) is 0 Å². The first-order chi connectivity index (χ1) is 8.60. The third kappa shape index (κ3) is 2.98. The number of aryl methyl sites for hydroxylation is 1. The normalized spacial score (nSPS) is 12.7. The molecule has 7 heteroatoms. The van der Waals surface area contributed by atoms with Gasteiger partial charge in [0, 0.05) is 25.9 Å². The highest BCUT2D eigenvalue weighted by Crippen LogP contribution is 2.25. The molecule has 5 nitrogen and oxygen atoms in total. The molecule has 0 fully saturated rings. The lowest BCUT2D eigenvalue weighted by molar-refractivity contribution is 0.568. The van der Waals surface area contributed by atoms with Gasteiger partial charge in [0.05, 0.1) is 27.5 Å². The Kier molecular flexibility index (Phi) is 4.16. The van der Waals surface area contributed by atoms with Crippen molar-refractivity contribution in [3.05, 3.63) is 39.9 Å². The highest BCUT2D eigenvalue weighted by molar-refractivity contribution is 6.34. The van der Waals surface area contributed by atoms with Crippen molar-refractivity contribution >= 4 is 23.2 Å². The van der Waals surface area contributed by atoms with E-state index in [0.29, 0.717) is 16.5 Å². The molecular formula is C11H13Cl2N5. The number of pyridine rings is 1. The SMILES string of the molecule is CNC(Cc1cn(C)nn1)c1ncc(Cl)cc1Cl. The van der Waals surface area contributed by atoms with E-state index in [4.69, 9.17) is 23.2 Å². The van der Waals surface area contributed by atoms with Gasteiger partial charge in [0.25, 0.3) is 0 Å². The van der Waals surface area contributed by atoms with Crippen LogP contribution in [0.1, 0.15) is 17.4 Å². The van der Waals surface area contributed by atoms with Crippen LogP contribution in [0.4, 0.5) is 0 Å². The molecule has 1 N–H and O–H groups in total. The van der Waals surface area contributed by atoms with E-state index in [-0.39, 0.29) is 6.04 Å². The quantitative estimate of drug-likeness (QED) is 0.934. The van der Waals surface area contributed by atoms with E-state index >= 15 is 0 Å². The van der Waals surface area contributed by atoms with Crippen LogP contribution in [0.5, 0.6) is 0 Å². The zero-order chi connectivity index (χ0) is 13.1. The molecule has 0 aliphatic heterocycles. The molecule has 0 amide bonds. The fourth-order valence-corrected chi connectivity index (χ4v) is 2.23. The Balaban J connectivity index is 2.22. The Morgan fingerprint density at radius 1 is 1.44 bits per heavy atom. The summed E-state index contributed by atoms with van der Waals surface area (Å²) in [5.41, 5.74) is 1.64. The van der Waals surface area contributed by atoms with Gasteiger partial charge in [0.15, 0.2) is 0 Å². The Morgan fingerprint density at radius 2 is 2.22 bits per heavy atom. The molecule has 2 aromatic heterocycles. The second kappa shape index (κ2) is 5.65. The molecule has 18 heavy (non-hydrogen) atoms. The van der Waals surface area contributed by atoms with Crippen molar-refractivity contribution in [3.63, 3.8) is 0 Å². The molecule has 0 saturated heterocycles. The average Bonchev–Trinajstić information content (AvgIpc) is 2.72. The van der Waals surface area contributed by atoms with E-state index in [9.17, 15) is 0 Å². The van der Waals surface area contributed by atoms with Crippen LogP contribution in [0.15, 0.2) is 18.5 Å². The monoisotopic (exact) mass is 285 g/mol. The fraction of sp³-hybridized carbons (Fsp3) is 0.364. The van der Waals surface area contributed by atoms with Crippen LogP contribution < -0.4 is 5.32 Å². The predicted octanol–water partition coefficient (Wildman–Crippen LogP) is 2.02. The fourth-order valence-electron chi connectivity index (χ4n) is 1.71. The van der Waals surface area contributed by atoms with Crippen LogP contribution in [0.2, 0.25) is 10.0 Å². The van der Waals surface area contributed by atoms with Gasteiger partial charge in [-0.2, -0.15) is 0 Å². The zero-order valence-corrected chi connectivity index (χ0v) is 11.6. The third-order valence-electron chi connectivity index (χ3n) is 2.58. The summed E-state index contributed by atoms with van der Waals surface area (Å²) in [4.78, 5) is 4.27. The van der Waals surface area contributed by atoms with Crippen molar-refractivity contribution in [3.8, 4) is 0 Å². The van der Waals surface area contributed by atoms with E-state index in [0.717, 1.165) is 11.4 Å². The largest absolute Gasteiger partial charge is 0.311 e. The lowest BCUT2D eigenvalue weighted by Gasteiger charge is -2.15. The first kappa shape index (κ1) is 13.3. The lowest BCUT2D eigenvalue weighted by atomic mass is 10.1. The summed E-state index contributed by atoms with van der Waals surface area (Å²) in [5, 5.41) is 12.2.